The van der Waals surface area contributed by atoms with Crippen molar-refractivity contribution in [1.29, 1.82) is 0 Å². The number of anilines is 1. The molecule has 0 aliphatic carbocycles. The van der Waals surface area contributed by atoms with Crippen LogP contribution in [0.25, 0.3) is 0 Å². The van der Waals surface area contributed by atoms with Gasteiger partial charge in [0.1, 0.15) is 5.82 Å². The van der Waals surface area contributed by atoms with E-state index in [1.54, 1.807) is 25.1 Å². The predicted molar refractivity (Wildman–Crippen MR) is 75.7 cm³/mol. The van der Waals surface area contributed by atoms with Crippen molar-refractivity contribution in [2.45, 2.75) is 13.5 Å². The number of carbonyl (C=O) groups excluding carboxylic acids is 1. The van der Waals surface area contributed by atoms with Crippen molar-refractivity contribution in [2.24, 2.45) is 0 Å². The Balaban J connectivity index is 2.88. The van der Waals surface area contributed by atoms with E-state index in [1.165, 1.54) is 12.1 Å². The van der Waals surface area contributed by atoms with Crippen molar-refractivity contribution in [2.75, 3.05) is 39.1 Å². The largest absolute Gasteiger partial charge is 0.365 e. The number of benzene rings is 1. The van der Waals surface area contributed by atoms with E-state index < -0.39 is 0 Å². The maximum atomic E-state index is 13.3. The van der Waals surface area contributed by atoms with E-state index in [2.05, 4.69) is 5.32 Å². The van der Waals surface area contributed by atoms with Crippen LogP contribution in [0.4, 0.5) is 10.1 Å². The van der Waals surface area contributed by atoms with Crippen LogP contribution >= 0.6 is 0 Å². The zero-order chi connectivity index (χ0) is 14.4. The Bertz CT molecular complexity index is 435. The summed E-state index contributed by atoms with van der Waals surface area (Å²) in [6.07, 6.45) is 0. The van der Waals surface area contributed by atoms with Gasteiger partial charge in [0.2, 0.25) is 5.91 Å². The fraction of sp³-hybridized carbons (Fsp3) is 0.500. The summed E-state index contributed by atoms with van der Waals surface area (Å²) in [5, 5.41) is 3.17. The lowest BCUT2D eigenvalue weighted by molar-refractivity contribution is -0.127. The van der Waals surface area contributed by atoms with E-state index >= 15 is 0 Å². The third kappa shape index (κ3) is 4.52. The maximum Gasteiger partial charge on any atom is 0.241 e. The van der Waals surface area contributed by atoms with Gasteiger partial charge in [0, 0.05) is 33.4 Å². The highest BCUT2D eigenvalue weighted by atomic mass is 19.1. The molecule has 0 spiro atoms. The number of nitrogens with zero attached hydrogens (tertiary/aromatic N) is 2. The quantitative estimate of drug-likeness (QED) is 0.847. The summed E-state index contributed by atoms with van der Waals surface area (Å²) in [5.41, 5.74) is 1.73. The van der Waals surface area contributed by atoms with Gasteiger partial charge in [0.05, 0.1) is 6.54 Å². The molecule has 1 amide bonds. The topological polar surface area (TPSA) is 35.6 Å². The van der Waals surface area contributed by atoms with Gasteiger partial charge in [-0.1, -0.05) is 6.92 Å². The van der Waals surface area contributed by atoms with E-state index in [4.69, 9.17) is 0 Å². The molecule has 1 rings (SSSR count). The van der Waals surface area contributed by atoms with Gasteiger partial charge in [-0.15, -0.1) is 0 Å². The zero-order valence-corrected chi connectivity index (χ0v) is 12.0. The van der Waals surface area contributed by atoms with Gasteiger partial charge in [0.15, 0.2) is 0 Å². The summed E-state index contributed by atoms with van der Waals surface area (Å²) in [4.78, 5) is 15.1. The van der Waals surface area contributed by atoms with Crippen molar-refractivity contribution in [3.63, 3.8) is 0 Å². The monoisotopic (exact) mass is 267 g/mol. The summed E-state index contributed by atoms with van der Waals surface area (Å²) in [6, 6.07) is 4.64. The molecule has 0 atom stereocenters. The van der Waals surface area contributed by atoms with Crippen LogP contribution in [0.3, 0.4) is 0 Å². The average Bonchev–Trinajstić information content (AvgIpc) is 2.35. The SMILES string of the molecule is CCNCc1cc(F)ccc1N(C)CC(=O)N(C)C. The second-order valence-corrected chi connectivity index (χ2v) is 4.70. The lowest BCUT2D eigenvalue weighted by Gasteiger charge is -2.23. The van der Waals surface area contributed by atoms with Crippen LogP contribution in [0.1, 0.15) is 12.5 Å². The maximum absolute atomic E-state index is 13.3. The first kappa shape index (κ1) is 15.4. The molecule has 5 heteroatoms. The highest BCUT2D eigenvalue weighted by molar-refractivity contribution is 5.81. The van der Waals surface area contributed by atoms with E-state index in [1.807, 2.05) is 18.9 Å². The molecule has 0 saturated carbocycles. The zero-order valence-electron chi connectivity index (χ0n) is 12.0. The van der Waals surface area contributed by atoms with E-state index in [-0.39, 0.29) is 18.3 Å². The van der Waals surface area contributed by atoms with Crippen molar-refractivity contribution in [1.82, 2.24) is 10.2 Å². The summed E-state index contributed by atoms with van der Waals surface area (Å²) >= 11 is 0. The Morgan fingerprint density at radius 2 is 2.00 bits per heavy atom. The second-order valence-electron chi connectivity index (χ2n) is 4.70. The molecule has 0 fully saturated rings. The third-order valence-electron chi connectivity index (χ3n) is 2.89. The molecule has 1 aromatic rings. The van der Waals surface area contributed by atoms with Crippen LogP contribution in [-0.4, -0.2) is 45.0 Å². The van der Waals surface area contributed by atoms with Crippen molar-refractivity contribution in [3.05, 3.63) is 29.6 Å². The molecule has 1 aromatic carbocycles. The minimum absolute atomic E-state index is 0.0150. The Morgan fingerprint density at radius 3 is 2.58 bits per heavy atom. The lowest BCUT2D eigenvalue weighted by Crippen LogP contribution is -2.35. The summed E-state index contributed by atoms with van der Waals surface area (Å²) < 4.78 is 13.3. The number of halogens is 1. The molecule has 0 radical (unpaired) electrons. The Morgan fingerprint density at radius 1 is 1.32 bits per heavy atom. The van der Waals surface area contributed by atoms with Crippen LogP contribution < -0.4 is 10.2 Å². The lowest BCUT2D eigenvalue weighted by atomic mass is 10.1. The molecule has 19 heavy (non-hydrogen) atoms. The Kier molecular flexibility index (Phi) is 5.76. The molecule has 1 N–H and O–H groups in total. The molecule has 0 unspecified atom stereocenters. The van der Waals surface area contributed by atoms with Crippen LogP contribution in [0.2, 0.25) is 0 Å². The first-order chi connectivity index (χ1) is 8.95. The smallest absolute Gasteiger partial charge is 0.241 e. The molecular formula is C14H22FN3O. The summed E-state index contributed by atoms with van der Waals surface area (Å²) in [5.74, 6) is -0.245. The van der Waals surface area contributed by atoms with E-state index in [0.717, 1.165) is 17.8 Å². The van der Waals surface area contributed by atoms with Gasteiger partial charge in [-0.05, 0) is 30.3 Å². The summed E-state index contributed by atoms with van der Waals surface area (Å²) in [6.45, 7) is 3.68. The molecule has 0 bridgehead atoms. The fourth-order valence-electron chi connectivity index (χ4n) is 1.76. The van der Waals surface area contributed by atoms with E-state index in [9.17, 15) is 9.18 Å². The number of hydrogen-bond donors (Lipinski definition) is 1. The van der Waals surface area contributed by atoms with Crippen molar-refractivity contribution < 1.29 is 9.18 Å². The summed E-state index contributed by atoms with van der Waals surface area (Å²) in [7, 11) is 5.28. The van der Waals surface area contributed by atoms with E-state index in [0.29, 0.717) is 6.54 Å². The number of rotatable bonds is 6. The van der Waals surface area contributed by atoms with Gasteiger partial charge in [-0.25, -0.2) is 4.39 Å². The highest BCUT2D eigenvalue weighted by Gasteiger charge is 2.13. The molecule has 0 aromatic heterocycles. The van der Waals surface area contributed by atoms with Gasteiger partial charge in [0.25, 0.3) is 0 Å². The third-order valence-corrected chi connectivity index (χ3v) is 2.89. The standard InChI is InChI=1S/C14H22FN3O/c1-5-16-9-11-8-12(15)6-7-13(11)18(4)10-14(19)17(2)3/h6-8,16H,5,9-10H2,1-4H3. The number of carbonyl (C=O) groups is 1. The second kappa shape index (κ2) is 7.09. The van der Waals surface area contributed by atoms with Crippen molar-refractivity contribution in [3.8, 4) is 0 Å². The minimum atomic E-state index is -0.260. The number of amides is 1. The van der Waals surface area contributed by atoms with Gasteiger partial charge in [-0.3, -0.25) is 4.79 Å². The fourth-order valence-corrected chi connectivity index (χ4v) is 1.76. The molecule has 0 saturated heterocycles. The molecule has 4 nitrogen and oxygen atoms in total. The predicted octanol–water partition coefficient (Wildman–Crippen LogP) is 1.46. The normalized spacial score (nSPS) is 10.4. The Hall–Kier alpha value is -1.62. The average molecular weight is 267 g/mol. The van der Waals surface area contributed by atoms with Crippen LogP contribution in [0, 0.1) is 5.82 Å². The van der Waals surface area contributed by atoms with Crippen molar-refractivity contribution >= 4 is 11.6 Å². The molecular weight excluding hydrogens is 245 g/mol. The number of likely N-dealkylation sites (N-methyl/N-ethyl adjacent to an activating group) is 2. The minimum Gasteiger partial charge on any atom is -0.365 e. The van der Waals surface area contributed by atoms with Crippen LogP contribution in [0.5, 0.6) is 0 Å². The Labute approximate surface area is 114 Å². The number of hydrogen-bond acceptors (Lipinski definition) is 3. The molecule has 106 valence electrons. The van der Waals surface area contributed by atoms with Gasteiger partial charge >= 0.3 is 0 Å². The molecule has 0 aliphatic rings. The molecule has 0 aliphatic heterocycles. The molecule has 0 heterocycles. The van der Waals surface area contributed by atoms with Gasteiger partial charge in [-0.2, -0.15) is 0 Å². The van der Waals surface area contributed by atoms with Gasteiger partial charge < -0.3 is 15.1 Å². The first-order valence-corrected chi connectivity index (χ1v) is 6.36. The van der Waals surface area contributed by atoms with Crippen LogP contribution in [0.15, 0.2) is 18.2 Å². The highest BCUT2D eigenvalue weighted by Crippen LogP contribution is 2.20. The van der Waals surface area contributed by atoms with Crippen LogP contribution in [-0.2, 0) is 11.3 Å². The number of nitrogens with one attached hydrogen (secondary N) is 1. The first-order valence-electron chi connectivity index (χ1n) is 6.36.